The molecule has 3 aromatic carbocycles. The molecule has 0 spiro atoms. The lowest BCUT2D eigenvalue weighted by Crippen LogP contribution is -2.48. The van der Waals surface area contributed by atoms with Crippen molar-refractivity contribution in [1.29, 1.82) is 5.41 Å². The maximum atomic E-state index is 13.4. The van der Waals surface area contributed by atoms with E-state index in [2.05, 4.69) is 22.8 Å². The molecule has 0 bridgehead atoms. The van der Waals surface area contributed by atoms with Crippen LogP contribution in [0, 0.1) is 16.6 Å². The van der Waals surface area contributed by atoms with Crippen molar-refractivity contribution in [1.82, 2.24) is 5.32 Å². The molecular formula is C29H32FN3O. The quantitative estimate of drug-likeness (QED) is 0.317. The Hall–Kier alpha value is -3.47. The fraction of sp³-hybridized carbons (Fsp3) is 0.310. The highest BCUT2D eigenvalue weighted by Crippen LogP contribution is 2.40. The van der Waals surface area contributed by atoms with Crippen molar-refractivity contribution >= 4 is 23.5 Å². The van der Waals surface area contributed by atoms with E-state index in [1.54, 1.807) is 12.1 Å². The van der Waals surface area contributed by atoms with Crippen molar-refractivity contribution < 1.29 is 9.18 Å². The topological polar surface area (TPSA) is 65.0 Å². The summed E-state index contributed by atoms with van der Waals surface area (Å²) in [4.78, 5) is 13.4. The van der Waals surface area contributed by atoms with Crippen LogP contribution in [0.4, 0.5) is 15.8 Å². The zero-order chi connectivity index (χ0) is 24.1. The number of carbonyl (C=O) groups is 1. The van der Waals surface area contributed by atoms with Gasteiger partial charge in [0.1, 0.15) is 5.82 Å². The number of anilines is 2. The minimum atomic E-state index is -0.642. The molecule has 4 rings (SSSR count). The summed E-state index contributed by atoms with van der Waals surface area (Å²) in [6.45, 7) is 4.03. The van der Waals surface area contributed by atoms with Crippen LogP contribution >= 0.6 is 0 Å². The van der Waals surface area contributed by atoms with E-state index < -0.39 is 5.41 Å². The Balaban J connectivity index is 1.66. The van der Waals surface area contributed by atoms with Crippen LogP contribution in [0.2, 0.25) is 0 Å². The van der Waals surface area contributed by atoms with Gasteiger partial charge in [0.25, 0.3) is 0 Å². The summed E-state index contributed by atoms with van der Waals surface area (Å²) in [6, 6.07) is 22.6. The zero-order valence-electron chi connectivity index (χ0n) is 19.8. The molecule has 1 fully saturated rings. The Bertz CT molecular complexity index is 1140. The van der Waals surface area contributed by atoms with E-state index in [0.717, 1.165) is 35.3 Å². The number of hydrogen-bond donors (Lipinski definition) is 3. The molecule has 1 saturated carbocycles. The van der Waals surface area contributed by atoms with E-state index in [-0.39, 0.29) is 23.7 Å². The molecule has 0 aromatic heterocycles. The molecule has 0 radical (unpaired) electrons. The average Bonchev–Trinajstić information content (AvgIpc) is 2.82. The molecule has 0 saturated heterocycles. The van der Waals surface area contributed by atoms with Crippen LogP contribution in [0.25, 0.3) is 0 Å². The lowest BCUT2D eigenvalue weighted by atomic mass is 9.70. The Morgan fingerprint density at radius 1 is 1.09 bits per heavy atom. The van der Waals surface area contributed by atoms with Crippen LogP contribution in [0.3, 0.4) is 0 Å². The predicted octanol–water partition coefficient (Wildman–Crippen LogP) is 6.59. The van der Waals surface area contributed by atoms with Gasteiger partial charge < -0.3 is 16.0 Å². The standard InChI is InChI=1S/C29H32FN3O/c1-29(2,28(34)33-24-9-6-10-24)26(17-20-7-4-3-5-8-20)21-11-16-27(22(18-21)19-31)32-25-14-12-23(30)13-15-25/h3-5,7-8,11-16,18-19,24,26,31-32H,6,9-10,17H2,1-2H3,(H,33,34). The summed E-state index contributed by atoms with van der Waals surface area (Å²) in [5, 5.41) is 14.5. The van der Waals surface area contributed by atoms with Gasteiger partial charge in [0.05, 0.1) is 5.41 Å². The monoisotopic (exact) mass is 457 g/mol. The second-order valence-electron chi connectivity index (χ2n) is 9.69. The Morgan fingerprint density at radius 3 is 2.41 bits per heavy atom. The van der Waals surface area contributed by atoms with E-state index >= 15 is 0 Å². The van der Waals surface area contributed by atoms with Crippen molar-refractivity contribution in [2.24, 2.45) is 5.41 Å². The van der Waals surface area contributed by atoms with Crippen LogP contribution < -0.4 is 10.6 Å². The predicted molar refractivity (Wildman–Crippen MR) is 136 cm³/mol. The van der Waals surface area contributed by atoms with Crippen LogP contribution in [-0.4, -0.2) is 18.2 Å². The van der Waals surface area contributed by atoms with E-state index in [9.17, 15) is 9.18 Å². The van der Waals surface area contributed by atoms with Crippen LogP contribution in [0.1, 0.15) is 55.7 Å². The molecule has 3 N–H and O–H groups in total. The fourth-order valence-electron chi connectivity index (χ4n) is 4.44. The van der Waals surface area contributed by atoms with Crippen molar-refractivity contribution in [2.45, 2.75) is 51.5 Å². The van der Waals surface area contributed by atoms with E-state index in [4.69, 9.17) is 5.41 Å². The Morgan fingerprint density at radius 2 is 1.79 bits per heavy atom. The molecule has 1 aliphatic carbocycles. The molecule has 0 heterocycles. The van der Waals surface area contributed by atoms with E-state index in [0.29, 0.717) is 6.42 Å². The maximum absolute atomic E-state index is 13.4. The lowest BCUT2D eigenvalue weighted by molar-refractivity contribution is -0.131. The summed E-state index contributed by atoms with van der Waals surface area (Å²) in [7, 11) is 0. The van der Waals surface area contributed by atoms with Gasteiger partial charge in [-0.3, -0.25) is 4.79 Å². The molecule has 1 unspecified atom stereocenters. The maximum Gasteiger partial charge on any atom is 0.226 e. The molecule has 0 aliphatic heterocycles. The van der Waals surface area contributed by atoms with Crippen molar-refractivity contribution in [3.63, 3.8) is 0 Å². The van der Waals surface area contributed by atoms with Gasteiger partial charge in [0.15, 0.2) is 0 Å². The summed E-state index contributed by atoms with van der Waals surface area (Å²) >= 11 is 0. The first-order chi connectivity index (χ1) is 16.4. The largest absolute Gasteiger partial charge is 0.355 e. The number of benzene rings is 3. The summed E-state index contributed by atoms with van der Waals surface area (Å²) < 4.78 is 13.3. The molecule has 176 valence electrons. The average molecular weight is 458 g/mol. The van der Waals surface area contributed by atoms with E-state index in [1.165, 1.54) is 30.3 Å². The van der Waals surface area contributed by atoms with Crippen LogP contribution in [0.5, 0.6) is 0 Å². The highest BCUT2D eigenvalue weighted by molar-refractivity contribution is 5.88. The number of rotatable bonds is 9. The minimum Gasteiger partial charge on any atom is -0.355 e. The van der Waals surface area contributed by atoms with Gasteiger partial charge in [-0.05, 0) is 73.2 Å². The molecule has 1 aliphatic rings. The van der Waals surface area contributed by atoms with Gasteiger partial charge in [-0.15, -0.1) is 0 Å². The molecular weight excluding hydrogens is 425 g/mol. The third-order valence-corrected chi connectivity index (χ3v) is 6.94. The molecule has 34 heavy (non-hydrogen) atoms. The first-order valence-electron chi connectivity index (χ1n) is 11.9. The van der Waals surface area contributed by atoms with Crippen LogP contribution in [0.15, 0.2) is 72.8 Å². The molecule has 1 atom stereocenters. The van der Waals surface area contributed by atoms with Crippen molar-refractivity contribution in [2.75, 3.05) is 5.32 Å². The Kier molecular flexibility index (Phi) is 7.11. The lowest BCUT2D eigenvalue weighted by Gasteiger charge is -2.37. The first kappa shape index (κ1) is 23.7. The third kappa shape index (κ3) is 5.36. The first-order valence-corrected chi connectivity index (χ1v) is 11.9. The minimum absolute atomic E-state index is 0.0723. The highest BCUT2D eigenvalue weighted by atomic mass is 19.1. The highest BCUT2D eigenvalue weighted by Gasteiger charge is 2.39. The van der Waals surface area contributed by atoms with E-state index in [1.807, 2.05) is 50.2 Å². The fourth-order valence-corrected chi connectivity index (χ4v) is 4.44. The molecule has 5 heteroatoms. The van der Waals surface area contributed by atoms with Crippen molar-refractivity contribution in [3.05, 3.63) is 95.3 Å². The normalized spacial score (nSPS) is 14.7. The number of halogens is 1. The summed E-state index contributed by atoms with van der Waals surface area (Å²) in [6.07, 6.45) is 5.30. The Labute approximate surface area is 201 Å². The smallest absolute Gasteiger partial charge is 0.226 e. The van der Waals surface area contributed by atoms with Gasteiger partial charge in [0, 0.05) is 35.1 Å². The van der Waals surface area contributed by atoms with Gasteiger partial charge in [-0.2, -0.15) is 0 Å². The van der Waals surface area contributed by atoms with Crippen molar-refractivity contribution in [3.8, 4) is 0 Å². The number of amides is 1. The summed E-state index contributed by atoms with van der Waals surface area (Å²) in [5.41, 5.74) is 3.77. The number of nitrogens with one attached hydrogen (secondary N) is 3. The van der Waals surface area contributed by atoms with Gasteiger partial charge in [0.2, 0.25) is 5.91 Å². The van der Waals surface area contributed by atoms with Gasteiger partial charge in [-0.1, -0.05) is 50.2 Å². The second kappa shape index (κ2) is 10.2. The zero-order valence-corrected chi connectivity index (χ0v) is 19.8. The van der Waals surface area contributed by atoms with Gasteiger partial charge in [-0.25, -0.2) is 4.39 Å². The number of carbonyl (C=O) groups excluding carboxylic acids is 1. The number of hydrogen-bond acceptors (Lipinski definition) is 3. The molecule has 4 nitrogen and oxygen atoms in total. The third-order valence-electron chi connectivity index (χ3n) is 6.94. The molecule has 3 aromatic rings. The van der Waals surface area contributed by atoms with Crippen LogP contribution in [-0.2, 0) is 11.2 Å². The second-order valence-corrected chi connectivity index (χ2v) is 9.69. The molecule has 1 amide bonds. The SMILES string of the molecule is CC(C)(C(=O)NC1CCC1)C(Cc1ccccc1)c1ccc(Nc2ccc(F)cc2)c(C=N)c1. The van der Waals surface area contributed by atoms with Gasteiger partial charge >= 0.3 is 0 Å². The summed E-state index contributed by atoms with van der Waals surface area (Å²) in [5.74, 6) is -0.295.